The van der Waals surface area contributed by atoms with Crippen LogP contribution in [0.3, 0.4) is 0 Å². The van der Waals surface area contributed by atoms with Crippen LogP contribution < -0.4 is 9.64 Å². The van der Waals surface area contributed by atoms with E-state index in [4.69, 9.17) is 20.8 Å². The van der Waals surface area contributed by atoms with Gasteiger partial charge in [0.15, 0.2) is 12.1 Å². The van der Waals surface area contributed by atoms with Crippen LogP contribution in [-0.4, -0.2) is 24.5 Å². The van der Waals surface area contributed by atoms with Gasteiger partial charge in [0.1, 0.15) is 11.5 Å². The van der Waals surface area contributed by atoms with Crippen LogP contribution in [0.2, 0.25) is 5.02 Å². The molecular formula is C16H17ClN2O3. The maximum absolute atomic E-state index is 12.9. The molecule has 1 amide bonds. The Morgan fingerprint density at radius 1 is 1.50 bits per heavy atom. The Morgan fingerprint density at radius 3 is 3.05 bits per heavy atom. The average Bonchev–Trinajstić information content (AvgIpc) is 3.03. The lowest BCUT2D eigenvalue weighted by molar-refractivity contribution is 0.0978. The van der Waals surface area contributed by atoms with Crippen LogP contribution in [0, 0.1) is 0 Å². The molecule has 2 aromatic rings. The van der Waals surface area contributed by atoms with Crippen LogP contribution in [0.25, 0.3) is 0 Å². The summed E-state index contributed by atoms with van der Waals surface area (Å²) >= 11 is 6.30. The summed E-state index contributed by atoms with van der Waals surface area (Å²) in [4.78, 5) is 18.7. The van der Waals surface area contributed by atoms with Crippen molar-refractivity contribution in [2.75, 3.05) is 18.6 Å². The number of fused-ring (bicyclic) bond motifs is 1. The SMILES string of the molecule is CCc1ocnc1C(=O)N1CCCc2c(Cl)ccc(OC)c21. The monoisotopic (exact) mass is 320 g/mol. The zero-order valence-corrected chi connectivity index (χ0v) is 13.3. The highest BCUT2D eigenvalue weighted by Gasteiger charge is 2.30. The van der Waals surface area contributed by atoms with Gasteiger partial charge in [-0.25, -0.2) is 4.98 Å². The summed E-state index contributed by atoms with van der Waals surface area (Å²) in [5, 5.41) is 0.657. The van der Waals surface area contributed by atoms with Crippen molar-refractivity contribution in [1.82, 2.24) is 4.98 Å². The molecule has 0 atom stereocenters. The fourth-order valence-electron chi connectivity index (χ4n) is 2.84. The van der Waals surface area contributed by atoms with E-state index in [1.165, 1.54) is 6.39 Å². The van der Waals surface area contributed by atoms with Crippen LogP contribution in [0.5, 0.6) is 5.75 Å². The Morgan fingerprint density at radius 2 is 2.32 bits per heavy atom. The summed E-state index contributed by atoms with van der Waals surface area (Å²) in [6.45, 7) is 2.54. The van der Waals surface area contributed by atoms with Crippen molar-refractivity contribution in [2.24, 2.45) is 0 Å². The van der Waals surface area contributed by atoms with Gasteiger partial charge in [-0.2, -0.15) is 0 Å². The molecule has 22 heavy (non-hydrogen) atoms. The number of anilines is 1. The summed E-state index contributed by atoms with van der Waals surface area (Å²) in [6, 6.07) is 3.59. The fraction of sp³-hybridized carbons (Fsp3) is 0.375. The Bertz CT molecular complexity index is 711. The highest BCUT2D eigenvalue weighted by Crippen LogP contribution is 2.40. The van der Waals surface area contributed by atoms with E-state index in [-0.39, 0.29) is 5.91 Å². The molecule has 0 saturated heterocycles. The molecule has 1 aromatic carbocycles. The fourth-order valence-corrected chi connectivity index (χ4v) is 3.09. The van der Waals surface area contributed by atoms with Crippen LogP contribution in [0.15, 0.2) is 22.9 Å². The van der Waals surface area contributed by atoms with Gasteiger partial charge in [0.25, 0.3) is 5.91 Å². The molecule has 116 valence electrons. The molecule has 5 nitrogen and oxygen atoms in total. The molecular weight excluding hydrogens is 304 g/mol. The van der Waals surface area contributed by atoms with Gasteiger partial charge < -0.3 is 14.1 Å². The lowest BCUT2D eigenvalue weighted by atomic mass is 10.00. The van der Waals surface area contributed by atoms with Gasteiger partial charge in [0.2, 0.25) is 0 Å². The lowest BCUT2D eigenvalue weighted by Crippen LogP contribution is -2.36. The van der Waals surface area contributed by atoms with Crippen LogP contribution in [0.4, 0.5) is 5.69 Å². The quantitative estimate of drug-likeness (QED) is 0.868. The number of carbonyl (C=O) groups excluding carboxylic acids is 1. The van der Waals surface area contributed by atoms with Crippen molar-refractivity contribution in [1.29, 1.82) is 0 Å². The van der Waals surface area contributed by atoms with Gasteiger partial charge >= 0.3 is 0 Å². The van der Waals surface area contributed by atoms with Crippen LogP contribution in [-0.2, 0) is 12.8 Å². The number of hydrogen-bond acceptors (Lipinski definition) is 4. The summed E-state index contributed by atoms with van der Waals surface area (Å²) in [6.07, 6.45) is 3.61. The molecule has 1 aliphatic rings. The van der Waals surface area contributed by atoms with Crippen molar-refractivity contribution in [3.63, 3.8) is 0 Å². The first-order chi connectivity index (χ1) is 10.7. The number of ether oxygens (including phenoxy) is 1. The van der Waals surface area contributed by atoms with Gasteiger partial charge in [0.05, 0.1) is 12.8 Å². The molecule has 1 aromatic heterocycles. The Balaban J connectivity index is 2.08. The molecule has 0 aliphatic carbocycles. The van der Waals surface area contributed by atoms with E-state index >= 15 is 0 Å². The second kappa shape index (κ2) is 6.01. The second-order valence-electron chi connectivity index (χ2n) is 5.11. The molecule has 0 saturated carbocycles. The summed E-state index contributed by atoms with van der Waals surface area (Å²) in [5.41, 5.74) is 2.05. The van der Waals surface area contributed by atoms with Crippen molar-refractivity contribution in [3.8, 4) is 5.75 Å². The highest BCUT2D eigenvalue weighted by molar-refractivity contribution is 6.32. The molecule has 0 spiro atoms. The topological polar surface area (TPSA) is 55.6 Å². The third kappa shape index (κ3) is 2.35. The Hall–Kier alpha value is -2.01. The first kappa shape index (κ1) is 14.9. The van der Waals surface area contributed by atoms with E-state index in [9.17, 15) is 4.79 Å². The predicted octanol–water partition coefficient (Wildman–Crippen LogP) is 3.49. The lowest BCUT2D eigenvalue weighted by Gasteiger charge is -2.31. The first-order valence-electron chi connectivity index (χ1n) is 7.27. The average molecular weight is 321 g/mol. The third-order valence-corrected chi connectivity index (χ3v) is 4.25. The summed E-state index contributed by atoms with van der Waals surface area (Å²) in [5.74, 6) is 1.07. The zero-order chi connectivity index (χ0) is 15.7. The number of benzene rings is 1. The number of halogens is 1. The van der Waals surface area contributed by atoms with Gasteiger partial charge in [-0.15, -0.1) is 0 Å². The Kier molecular flexibility index (Phi) is 4.07. The molecule has 0 bridgehead atoms. The maximum atomic E-state index is 12.9. The number of rotatable bonds is 3. The van der Waals surface area contributed by atoms with Crippen LogP contribution in [0.1, 0.15) is 35.2 Å². The van der Waals surface area contributed by atoms with Crippen molar-refractivity contribution in [2.45, 2.75) is 26.2 Å². The number of hydrogen-bond donors (Lipinski definition) is 0. The second-order valence-corrected chi connectivity index (χ2v) is 5.52. The van der Waals surface area contributed by atoms with E-state index in [1.807, 2.05) is 6.92 Å². The van der Waals surface area contributed by atoms with Crippen molar-refractivity contribution in [3.05, 3.63) is 40.6 Å². The van der Waals surface area contributed by atoms with E-state index < -0.39 is 0 Å². The molecule has 0 unspecified atom stereocenters. The van der Waals surface area contributed by atoms with Crippen molar-refractivity contribution < 1.29 is 13.9 Å². The smallest absolute Gasteiger partial charge is 0.280 e. The number of aryl methyl sites for hydroxylation is 1. The number of carbonyl (C=O) groups is 1. The number of amides is 1. The molecule has 2 heterocycles. The minimum atomic E-state index is -0.174. The van der Waals surface area contributed by atoms with Crippen LogP contribution >= 0.6 is 11.6 Å². The Labute approximate surface area is 133 Å². The maximum Gasteiger partial charge on any atom is 0.280 e. The van der Waals surface area contributed by atoms with Crippen molar-refractivity contribution >= 4 is 23.2 Å². The van der Waals surface area contributed by atoms with Gasteiger partial charge in [-0.3, -0.25) is 4.79 Å². The number of nitrogens with zero attached hydrogens (tertiary/aromatic N) is 2. The van der Waals surface area contributed by atoms with Gasteiger partial charge in [0, 0.05) is 18.0 Å². The van der Waals surface area contributed by atoms with E-state index in [0.29, 0.717) is 35.2 Å². The van der Waals surface area contributed by atoms with E-state index in [1.54, 1.807) is 24.1 Å². The molecule has 0 N–H and O–H groups in total. The third-order valence-electron chi connectivity index (χ3n) is 3.90. The molecule has 3 rings (SSSR count). The van der Waals surface area contributed by atoms with E-state index in [2.05, 4.69) is 4.98 Å². The van der Waals surface area contributed by atoms with Gasteiger partial charge in [-0.1, -0.05) is 18.5 Å². The molecule has 6 heteroatoms. The standard InChI is InChI=1S/C16H17ClN2O3/c1-3-12-14(18-9-22-12)16(20)19-8-4-5-10-11(17)6-7-13(21-2)15(10)19/h6-7,9H,3-5,8H2,1-2H3. The molecule has 0 radical (unpaired) electrons. The molecule has 1 aliphatic heterocycles. The summed E-state index contributed by atoms with van der Waals surface area (Å²) in [7, 11) is 1.59. The summed E-state index contributed by atoms with van der Waals surface area (Å²) < 4.78 is 10.7. The first-order valence-corrected chi connectivity index (χ1v) is 7.64. The number of methoxy groups -OCH3 is 1. The minimum Gasteiger partial charge on any atom is -0.495 e. The van der Waals surface area contributed by atoms with E-state index in [0.717, 1.165) is 24.1 Å². The largest absolute Gasteiger partial charge is 0.495 e. The normalized spacial score (nSPS) is 13.9. The number of aromatic nitrogens is 1. The highest BCUT2D eigenvalue weighted by atomic mass is 35.5. The predicted molar refractivity (Wildman–Crippen MR) is 83.9 cm³/mol. The number of oxazole rings is 1. The van der Waals surface area contributed by atoms with Gasteiger partial charge in [-0.05, 0) is 30.5 Å². The minimum absolute atomic E-state index is 0.174. The zero-order valence-electron chi connectivity index (χ0n) is 12.6. The molecule has 0 fully saturated rings.